The van der Waals surface area contributed by atoms with E-state index in [2.05, 4.69) is 10.0 Å². The monoisotopic (exact) mass is 389 g/mol. The summed E-state index contributed by atoms with van der Waals surface area (Å²) < 4.78 is 33.7. The summed E-state index contributed by atoms with van der Waals surface area (Å²) in [5.41, 5.74) is 2.37. The molecular weight excluding hydrogens is 366 g/mol. The van der Waals surface area contributed by atoms with Crippen LogP contribution in [-0.2, 0) is 16.6 Å². The minimum Gasteiger partial charge on any atom is -0.408 e. The average molecular weight is 389 g/mol. The van der Waals surface area contributed by atoms with Gasteiger partial charge in [-0.1, -0.05) is 29.8 Å². The Labute approximate surface area is 158 Å². The molecule has 0 bridgehead atoms. The second-order valence-electron chi connectivity index (χ2n) is 6.30. The van der Waals surface area contributed by atoms with Gasteiger partial charge in [-0.2, -0.15) is 0 Å². The van der Waals surface area contributed by atoms with E-state index in [1.54, 1.807) is 34.9 Å². The van der Waals surface area contributed by atoms with Crippen LogP contribution in [0.5, 0.6) is 0 Å². The van der Waals surface area contributed by atoms with E-state index in [1.165, 1.54) is 0 Å². The van der Waals surface area contributed by atoms with Crippen LogP contribution in [0.2, 0.25) is 0 Å². The number of nitrogens with one attached hydrogen (secondary N) is 2. The highest BCUT2D eigenvalue weighted by atomic mass is 32.2. The van der Waals surface area contributed by atoms with Crippen LogP contribution in [0.1, 0.15) is 12.0 Å². The first-order chi connectivity index (χ1) is 13.0. The summed E-state index contributed by atoms with van der Waals surface area (Å²) >= 11 is 0. The zero-order valence-corrected chi connectivity index (χ0v) is 16.0. The van der Waals surface area contributed by atoms with Crippen molar-refractivity contribution in [3.05, 3.63) is 64.6 Å². The summed E-state index contributed by atoms with van der Waals surface area (Å²) in [5, 5.41) is 3.21. The van der Waals surface area contributed by atoms with Crippen molar-refractivity contribution in [2.75, 3.05) is 19.6 Å². The van der Waals surface area contributed by atoms with E-state index < -0.39 is 10.0 Å². The molecule has 1 heterocycles. The molecule has 3 aromatic rings. The van der Waals surface area contributed by atoms with Crippen molar-refractivity contribution in [1.82, 2.24) is 14.6 Å². The Hall–Kier alpha value is -2.42. The lowest BCUT2D eigenvalue weighted by atomic mass is 10.2. The SMILES string of the molecule is Cc1ccc(S(=O)(=O)NCCCNCCn2c(=O)oc3ccccc32)cc1. The van der Waals surface area contributed by atoms with Crippen molar-refractivity contribution < 1.29 is 12.8 Å². The van der Waals surface area contributed by atoms with Gasteiger partial charge in [0, 0.05) is 19.6 Å². The second kappa shape index (κ2) is 8.51. The summed E-state index contributed by atoms with van der Waals surface area (Å²) in [7, 11) is -3.47. The van der Waals surface area contributed by atoms with Gasteiger partial charge in [0.15, 0.2) is 5.58 Å². The Balaban J connectivity index is 1.40. The number of rotatable bonds is 9. The first kappa shape index (κ1) is 19.3. The third-order valence-electron chi connectivity index (χ3n) is 4.24. The van der Waals surface area contributed by atoms with Crippen molar-refractivity contribution in [1.29, 1.82) is 0 Å². The lowest BCUT2D eigenvalue weighted by Gasteiger charge is -2.08. The number of fused-ring (bicyclic) bond motifs is 1. The lowest BCUT2D eigenvalue weighted by molar-refractivity contribution is 0.492. The van der Waals surface area contributed by atoms with Gasteiger partial charge in [-0.05, 0) is 44.2 Å². The highest BCUT2D eigenvalue weighted by Crippen LogP contribution is 2.11. The molecule has 27 heavy (non-hydrogen) atoms. The normalized spacial score (nSPS) is 11.9. The largest absolute Gasteiger partial charge is 0.419 e. The highest BCUT2D eigenvalue weighted by Gasteiger charge is 2.12. The van der Waals surface area contributed by atoms with Crippen LogP contribution >= 0.6 is 0 Å². The number of nitrogens with zero attached hydrogens (tertiary/aromatic N) is 1. The summed E-state index contributed by atoms with van der Waals surface area (Å²) in [6.45, 7) is 3.98. The quantitative estimate of drug-likeness (QED) is 0.545. The Morgan fingerprint density at radius 2 is 1.74 bits per heavy atom. The number of oxazole rings is 1. The molecule has 2 N–H and O–H groups in total. The molecule has 0 spiro atoms. The Kier molecular flexibility index (Phi) is 6.10. The summed E-state index contributed by atoms with van der Waals surface area (Å²) in [5.74, 6) is -0.371. The molecule has 0 saturated heterocycles. The predicted molar refractivity (Wildman–Crippen MR) is 104 cm³/mol. The van der Waals surface area contributed by atoms with Gasteiger partial charge in [0.1, 0.15) is 0 Å². The Morgan fingerprint density at radius 3 is 2.52 bits per heavy atom. The summed E-state index contributed by atoms with van der Waals surface area (Å²) in [4.78, 5) is 12.1. The maximum absolute atomic E-state index is 12.2. The fraction of sp³-hybridized carbons (Fsp3) is 0.316. The van der Waals surface area contributed by atoms with E-state index in [9.17, 15) is 13.2 Å². The molecule has 1 aromatic heterocycles. The first-order valence-corrected chi connectivity index (χ1v) is 10.3. The first-order valence-electron chi connectivity index (χ1n) is 8.83. The van der Waals surface area contributed by atoms with Crippen LogP contribution in [0.25, 0.3) is 11.1 Å². The van der Waals surface area contributed by atoms with Crippen LogP contribution in [0.4, 0.5) is 0 Å². The van der Waals surface area contributed by atoms with Gasteiger partial charge >= 0.3 is 5.76 Å². The Morgan fingerprint density at radius 1 is 1.00 bits per heavy atom. The van der Waals surface area contributed by atoms with Crippen LogP contribution in [-0.4, -0.2) is 32.6 Å². The third-order valence-corrected chi connectivity index (χ3v) is 5.72. The minimum atomic E-state index is -3.47. The van der Waals surface area contributed by atoms with Crippen molar-refractivity contribution in [2.45, 2.75) is 24.8 Å². The molecule has 0 saturated carbocycles. The average Bonchev–Trinajstić information content (AvgIpc) is 2.96. The molecule has 0 fully saturated rings. The Bertz CT molecular complexity index is 1050. The lowest BCUT2D eigenvalue weighted by Crippen LogP contribution is -2.29. The van der Waals surface area contributed by atoms with Gasteiger partial charge in [0.05, 0.1) is 10.4 Å². The number of sulfonamides is 1. The minimum absolute atomic E-state index is 0.271. The van der Waals surface area contributed by atoms with E-state index >= 15 is 0 Å². The number of aryl methyl sites for hydroxylation is 1. The second-order valence-corrected chi connectivity index (χ2v) is 8.07. The molecule has 7 nitrogen and oxygen atoms in total. The molecule has 0 atom stereocenters. The standard InChI is InChI=1S/C19H23N3O4S/c1-15-7-9-16(10-8-15)27(24,25)21-12-4-11-20-13-14-22-17-5-2-3-6-18(17)26-19(22)23/h2-3,5-10,20-21H,4,11-14H2,1H3. The van der Waals surface area contributed by atoms with Crippen LogP contribution in [0, 0.1) is 6.92 Å². The number of aromatic nitrogens is 1. The van der Waals surface area contributed by atoms with Crippen molar-refractivity contribution >= 4 is 21.1 Å². The predicted octanol–water partition coefficient (Wildman–Crippen LogP) is 1.86. The number of hydrogen-bond donors (Lipinski definition) is 2. The van der Waals surface area contributed by atoms with E-state index in [0.717, 1.165) is 11.1 Å². The fourth-order valence-corrected chi connectivity index (χ4v) is 3.84. The summed E-state index contributed by atoms with van der Waals surface area (Å²) in [6, 6.07) is 14.1. The topological polar surface area (TPSA) is 93.3 Å². The molecule has 144 valence electrons. The molecule has 8 heteroatoms. The molecule has 0 aliphatic heterocycles. The van der Waals surface area contributed by atoms with Gasteiger partial charge in [-0.25, -0.2) is 17.9 Å². The van der Waals surface area contributed by atoms with Crippen molar-refractivity contribution in [3.63, 3.8) is 0 Å². The smallest absolute Gasteiger partial charge is 0.408 e. The maximum Gasteiger partial charge on any atom is 0.419 e. The molecular formula is C19H23N3O4S. The van der Waals surface area contributed by atoms with E-state index in [0.29, 0.717) is 38.2 Å². The molecule has 0 amide bonds. The van der Waals surface area contributed by atoms with Crippen LogP contribution < -0.4 is 15.8 Å². The molecule has 2 aromatic carbocycles. The highest BCUT2D eigenvalue weighted by molar-refractivity contribution is 7.89. The van der Waals surface area contributed by atoms with Gasteiger partial charge in [0.25, 0.3) is 0 Å². The number of hydrogen-bond acceptors (Lipinski definition) is 5. The van der Waals surface area contributed by atoms with Crippen molar-refractivity contribution in [2.24, 2.45) is 0 Å². The zero-order valence-electron chi connectivity index (χ0n) is 15.1. The fourth-order valence-electron chi connectivity index (χ4n) is 2.76. The van der Waals surface area contributed by atoms with Crippen molar-refractivity contribution in [3.8, 4) is 0 Å². The van der Waals surface area contributed by atoms with Crippen LogP contribution in [0.15, 0.2) is 62.6 Å². The van der Waals surface area contributed by atoms with Gasteiger partial charge in [-0.3, -0.25) is 4.57 Å². The van der Waals surface area contributed by atoms with Gasteiger partial charge in [-0.15, -0.1) is 0 Å². The summed E-state index contributed by atoms with van der Waals surface area (Å²) in [6.07, 6.45) is 0.645. The third kappa shape index (κ3) is 4.85. The zero-order chi connectivity index (χ0) is 19.3. The molecule has 0 aliphatic carbocycles. The van der Waals surface area contributed by atoms with Crippen LogP contribution in [0.3, 0.4) is 0 Å². The molecule has 3 rings (SSSR count). The maximum atomic E-state index is 12.2. The van der Waals surface area contributed by atoms with Gasteiger partial charge < -0.3 is 9.73 Å². The van der Waals surface area contributed by atoms with Gasteiger partial charge in [0.2, 0.25) is 10.0 Å². The van der Waals surface area contributed by atoms with E-state index in [-0.39, 0.29) is 10.7 Å². The molecule has 0 radical (unpaired) electrons. The number of benzene rings is 2. The molecule has 0 aliphatic rings. The van der Waals surface area contributed by atoms with E-state index in [4.69, 9.17) is 4.42 Å². The van der Waals surface area contributed by atoms with E-state index in [1.807, 2.05) is 25.1 Å². The molecule has 0 unspecified atom stereocenters. The number of para-hydroxylation sites is 2.